The molecule has 2 aromatic carbocycles. The number of aromatic nitrogens is 1. The van der Waals surface area contributed by atoms with Gasteiger partial charge < -0.3 is 4.57 Å². The van der Waals surface area contributed by atoms with Crippen molar-refractivity contribution < 1.29 is 4.79 Å². The van der Waals surface area contributed by atoms with Crippen LogP contribution in [0.5, 0.6) is 0 Å². The highest BCUT2D eigenvalue weighted by atomic mass is 32.1. The van der Waals surface area contributed by atoms with Crippen molar-refractivity contribution in [1.29, 1.82) is 0 Å². The van der Waals surface area contributed by atoms with Crippen molar-refractivity contribution in [3.05, 3.63) is 63.5 Å². The molecule has 3 nitrogen and oxygen atoms in total. The maximum absolute atomic E-state index is 12.6. The highest BCUT2D eigenvalue weighted by Crippen LogP contribution is 2.22. The molecule has 4 heteroatoms. The van der Waals surface area contributed by atoms with Crippen LogP contribution < -0.4 is 4.80 Å². The lowest BCUT2D eigenvalue weighted by molar-refractivity contribution is 0.0997. The lowest BCUT2D eigenvalue weighted by Crippen LogP contribution is -2.17. The van der Waals surface area contributed by atoms with Gasteiger partial charge in [-0.3, -0.25) is 4.79 Å². The molecule has 0 atom stereocenters. The molecule has 1 amide bonds. The van der Waals surface area contributed by atoms with E-state index < -0.39 is 0 Å². The Labute approximate surface area is 146 Å². The summed E-state index contributed by atoms with van der Waals surface area (Å²) in [4.78, 5) is 17.9. The molecule has 3 rings (SSSR count). The fraction of sp³-hybridized carbons (Fsp3) is 0.300. The minimum Gasteiger partial charge on any atom is -0.316 e. The van der Waals surface area contributed by atoms with Crippen molar-refractivity contribution >= 4 is 27.5 Å². The van der Waals surface area contributed by atoms with Gasteiger partial charge in [-0.2, -0.15) is 4.99 Å². The van der Waals surface area contributed by atoms with Crippen molar-refractivity contribution in [3.8, 4) is 0 Å². The quantitative estimate of drug-likeness (QED) is 0.677. The molecular formula is C20H22N2OS. The van der Waals surface area contributed by atoms with Crippen molar-refractivity contribution in [3.63, 3.8) is 0 Å². The van der Waals surface area contributed by atoms with Gasteiger partial charge in [0.25, 0.3) is 5.91 Å². The van der Waals surface area contributed by atoms with Gasteiger partial charge in [0, 0.05) is 12.1 Å². The zero-order valence-corrected chi connectivity index (χ0v) is 15.4. The number of hydrogen-bond acceptors (Lipinski definition) is 2. The fourth-order valence-corrected chi connectivity index (χ4v) is 3.94. The molecular weight excluding hydrogens is 316 g/mol. The summed E-state index contributed by atoms with van der Waals surface area (Å²) in [6.07, 6.45) is 1.00. The summed E-state index contributed by atoms with van der Waals surface area (Å²) in [6.45, 7) is 9.19. The van der Waals surface area contributed by atoms with E-state index >= 15 is 0 Å². The number of rotatable bonds is 3. The number of fused-ring (bicyclic) bond motifs is 1. The number of hydrogen-bond donors (Lipinski definition) is 0. The number of aryl methyl sites for hydroxylation is 4. The number of thiazole rings is 1. The largest absolute Gasteiger partial charge is 0.316 e. The highest BCUT2D eigenvalue weighted by molar-refractivity contribution is 7.16. The van der Waals surface area contributed by atoms with Crippen LogP contribution in [0.2, 0.25) is 0 Å². The third kappa shape index (κ3) is 3.06. The van der Waals surface area contributed by atoms with Crippen LogP contribution in [0.15, 0.2) is 41.4 Å². The first kappa shape index (κ1) is 16.7. The molecule has 0 bridgehead atoms. The van der Waals surface area contributed by atoms with Crippen molar-refractivity contribution in [2.45, 2.75) is 40.7 Å². The fourth-order valence-electron chi connectivity index (χ4n) is 2.81. The van der Waals surface area contributed by atoms with Crippen LogP contribution in [0, 0.1) is 20.8 Å². The summed E-state index contributed by atoms with van der Waals surface area (Å²) in [7, 11) is 0. The summed E-state index contributed by atoms with van der Waals surface area (Å²) in [5.74, 6) is -0.169. The second kappa shape index (κ2) is 6.73. The second-order valence-corrected chi connectivity index (χ2v) is 7.18. The Hall–Kier alpha value is -2.20. The summed E-state index contributed by atoms with van der Waals surface area (Å²) in [5.41, 5.74) is 5.33. The first-order valence-electron chi connectivity index (χ1n) is 8.26. The van der Waals surface area contributed by atoms with Gasteiger partial charge in [0.15, 0.2) is 4.80 Å². The van der Waals surface area contributed by atoms with E-state index in [2.05, 4.69) is 42.5 Å². The molecule has 0 aliphatic rings. The third-order valence-corrected chi connectivity index (χ3v) is 5.36. The molecule has 124 valence electrons. The molecule has 0 radical (unpaired) electrons. The van der Waals surface area contributed by atoms with Gasteiger partial charge in [0.1, 0.15) is 0 Å². The highest BCUT2D eigenvalue weighted by Gasteiger charge is 2.11. The smallest absolute Gasteiger partial charge is 0.279 e. The molecule has 1 heterocycles. The number of carbonyl (C=O) groups is 1. The lowest BCUT2D eigenvalue weighted by atomic mass is 10.1. The maximum Gasteiger partial charge on any atom is 0.279 e. The predicted octanol–water partition coefficient (Wildman–Crippen LogP) is 4.78. The normalized spacial score (nSPS) is 12.1. The van der Waals surface area contributed by atoms with Gasteiger partial charge in [-0.15, -0.1) is 0 Å². The van der Waals surface area contributed by atoms with E-state index in [0.29, 0.717) is 5.56 Å². The summed E-state index contributed by atoms with van der Waals surface area (Å²) in [6, 6.07) is 12.0. The molecule has 1 aromatic heterocycles. The van der Waals surface area contributed by atoms with E-state index in [4.69, 9.17) is 0 Å². The zero-order chi connectivity index (χ0) is 17.3. The average molecular weight is 338 g/mol. The number of benzene rings is 2. The van der Waals surface area contributed by atoms with E-state index in [1.165, 1.54) is 21.3 Å². The van der Waals surface area contributed by atoms with Gasteiger partial charge in [-0.05, 0) is 62.1 Å². The van der Waals surface area contributed by atoms with Crippen LogP contribution in [0.4, 0.5) is 0 Å². The molecule has 0 N–H and O–H groups in total. The monoisotopic (exact) mass is 338 g/mol. The van der Waals surface area contributed by atoms with Crippen LogP contribution in [0.1, 0.15) is 40.4 Å². The van der Waals surface area contributed by atoms with Gasteiger partial charge in [0.2, 0.25) is 0 Å². The minimum atomic E-state index is -0.169. The topological polar surface area (TPSA) is 34.4 Å². The van der Waals surface area contributed by atoms with Crippen molar-refractivity contribution in [1.82, 2.24) is 4.57 Å². The Morgan fingerprint density at radius 2 is 1.79 bits per heavy atom. The third-order valence-electron chi connectivity index (χ3n) is 4.32. The Balaban J connectivity index is 2.19. The number of amides is 1. The van der Waals surface area contributed by atoms with Crippen molar-refractivity contribution in [2.24, 2.45) is 4.99 Å². The average Bonchev–Trinajstić information content (AvgIpc) is 2.85. The van der Waals surface area contributed by atoms with Crippen molar-refractivity contribution in [2.75, 3.05) is 0 Å². The minimum absolute atomic E-state index is 0.169. The first-order chi connectivity index (χ1) is 11.5. The first-order valence-corrected chi connectivity index (χ1v) is 9.08. The summed E-state index contributed by atoms with van der Waals surface area (Å²) >= 11 is 1.59. The molecule has 0 aliphatic carbocycles. The van der Waals surface area contributed by atoms with E-state index in [9.17, 15) is 4.79 Å². The van der Waals surface area contributed by atoms with Crippen LogP contribution in [-0.4, -0.2) is 10.5 Å². The Kier molecular flexibility index (Phi) is 4.67. The van der Waals surface area contributed by atoms with Crippen LogP contribution in [0.3, 0.4) is 0 Å². The number of nitrogens with zero attached hydrogens (tertiary/aromatic N) is 2. The van der Waals surface area contributed by atoms with E-state index in [0.717, 1.165) is 23.3 Å². The maximum atomic E-state index is 12.6. The second-order valence-electron chi connectivity index (χ2n) is 6.17. The molecule has 0 saturated carbocycles. The van der Waals surface area contributed by atoms with E-state index in [1.54, 1.807) is 11.3 Å². The molecule has 0 fully saturated rings. The van der Waals surface area contributed by atoms with Gasteiger partial charge in [-0.1, -0.05) is 36.5 Å². The predicted molar refractivity (Wildman–Crippen MR) is 101 cm³/mol. The molecule has 0 aliphatic heterocycles. The van der Waals surface area contributed by atoms with Gasteiger partial charge >= 0.3 is 0 Å². The Bertz CT molecular complexity index is 979. The van der Waals surface area contributed by atoms with Crippen LogP contribution >= 0.6 is 11.3 Å². The molecule has 3 aromatic rings. The molecule has 24 heavy (non-hydrogen) atoms. The SMILES string of the molecule is CCCn1c(=NC(=O)c2ccccc2C)sc2cc(C)c(C)cc21. The number of carbonyl (C=O) groups excluding carboxylic acids is 1. The van der Waals surface area contributed by atoms with E-state index in [1.807, 2.05) is 31.2 Å². The Morgan fingerprint density at radius 3 is 2.50 bits per heavy atom. The zero-order valence-electron chi connectivity index (χ0n) is 14.6. The Morgan fingerprint density at radius 1 is 1.08 bits per heavy atom. The van der Waals surface area contributed by atoms with Gasteiger partial charge in [0.05, 0.1) is 10.2 Å². The summed E-state index contributed by atoms with van der Waals surface area (Å²) < 4.78 is 3.35. The van der Waals surface area contributed by atoms with Crippen LogP contribution in [-0.2, 0) is 6.54 Å². The van der Waals surface area contributed by atoms with E-state index in [-0.39, 0.29) is 5.91 Å². The standard InChI is InChI=1S/C20H22N2OS/c1-5-10-22-17-11-14(3)15(4)12-18(17)24-20(22)21-19(23)16-9-7-6-8-13(16)2/h6-9,11-12H,5,10H2,1-4H3. The molecule has 0 saturated heterocycles. The molecule has 0 spiro atoms. The summed E-state index contributed by atoms with van der Waals surface area (Å²) in [5, 5.41) is 0. The lowest BCUT2D eigenvalue weighted by Gasteiger charge is -2.05. The van der Waals surface area contributed by atoms with Gasteiger partial charge in [-0.25, -0.2) is 0 Å². The van der Waals surface area contributed by atoms with Crippen LogP contribution in [0.25, 0.3) is 10.2 Å². The molecule has 0 unspecified atom stereocenters.